The molecule has 0 saturated heterocycles. The Hall–Kier alpha value is -1.88. The molecule has 0 fully saturated rings. The lowest BCUT2D eigenvalue weighted by molar-refractivity contribution is -0.138. The van der Waals surface area contributed by atoms with E-state index in [2.05, 4.69) is 0 Å². The Morgan fingerprint density at radius 2 is 2.15 bits per heavy atom. The van der Waals surface area contributed by atoms with E-state index in [1.54, 1.807) is 24.0 Å². The zero-order chi connectivity index (χ0) is 14.9. The summed E-state index contributed by atoms with van der Waals surface area (Å²) < 4.78 is 5.35. The van der Waals surface area contributed by atoms with E-state index in [9.17, 15) is 9.59 Å². The fourth-order valence-corrected chi connectivity index (χ4v) is 2.41. The fourth-order valence-electron chi connectivity index (χ4n) is 2.41. The molecule has 2 rings (SSSR count). The molecule has 0 spiro atoms. The zero-order valence-corrected chi connectivity index (χ0v) is 12.0. The number of fused-ring (bicyclic) bond motifs is 1. The van der Waals surface area contributed by atoms with Crippen LogP contribution in [0.3, 0.4) is 0 Å². The van der Waals surface area contributed by atoms with Gasteiger partial charge in [-0.1, -0.05) is 6.92 Å². The molecule has 0 aliphatic carbocycles. The van der Waals surface area contributed by atoms with Gasteiger partial charge in [-0.2, -0.15) is 0 Å². The van der Waals surface area contributed by atoms with Gasteiger partial charge in [-0.15, -0.1) is 0 Å². The predicted octanol–water partition coefficient (Wildman–Crippen LogP) is 2.09. The predicted molar refractivity (Wildman–Crippen MR) is 75.2 cm³/mol. The smallest absolute Gasteiger partial charge is 0.335 e. The average Bonchev–Trinajstić information content (AvgIpc) is 2.88. The topological polar surface area (TPSA) is 66.8 Å². The van der Waals surface area contributed by atoms with Gasteiger partial charge in [0.1, 0.15) is 5.60 Å². The van der Waals surface area contributed by atoms with Crippen LogP contribution in [0.4, 0.5) is 5.69 Å². The molecule has 0 saturated carbocycles. The first kappa shape index (κ1) is 14.5. The summed E-state index contributed by atoms with van der Waals surface area (Å²) >= 11 is 0. The average molecular weight is 277 g/mol. The van der Waals surface area contributed by atoms with Crippen molar-refractivity contribution in [2.75, 3.05) is 18.6 Å². The minimum absolute atomic E-state index is 0.0793. The van der Waals surface area contributed by atoms with Crippen LogP contribution in [0, 0.1) is 0 Å². The molecule has 108 valence electrons. The van der Waals surface area contributed by atoms with Gasteiger partial charge >= 0.3 is 5.97 Å². The van der Waals surface area contributed by atoms with Gasteiger partial charge in [-0.25, -0.2) is 4.79 Å². The SMILES string of the molecule is CCC(C)(OC)C(=O)N1CCc2cc(C(=O)O)ccc21. The summed E-state index contributed by atoms with van der Waals surface area (Å²) in [6, 6.07) is 4.87. The van der Waals surface area contributed by atoms with Crippen molar-refractivity contribution in [2.24, 2.45) is 0 Å². The molecule has 1 aliphatic heterocycles. The van der Waals surface area contributed by atoms with Crippen molar-refractivity contribution < 1.29 is 19.4 Å². The van der Waals surface area contributed by atoms with Crippen molar-refractivity contribution in [3.63, 3.8) is 0 Å². The molecule has 1 unspecified atom stereocenters. The van der Waals surface area contributed by atoms with Crippen LogP contribution >= 0.6 is 0 Å². The van der Waals surface area contributed by atoms with Crippen molar-refractivity contribution in [1.29, 1.82) is 0 Å². The Kier molecular flexibility index (Phi) is 3.81. The maximum absolute atomic E-state index is 12.6. The van der Waals surface area contributed by atoms with Gasteiger partial charge in [0.15, 0.2) is 0 Å². The summed E-state index contributed by atoms with van der Waals surface area (Å²) in [5, 5.41) is 9.00. The lowest BCUT2D eigenvalue weighted by Crippen LogP contribution is -2.47. The van der Waals surface area contributed by atoms with E-state index in [1.807, 2.05) is 6.92 Å². The Morgan fingerprint density at radius 3 is 2.70 bits per heavy atom. The number of anilines is 1. The number of hydrogen-bond acceptors (Lipinski definition) is 3. The van der Waals surface area contributed by atoms with Crippen LogP contribution in [0.5, 0.6) is 0 Å². The molecule has 0 radical (unpaired) electrons. The number of carbonyl (C=O) groups is 2. The summed E-state index contributed by atoms with van der Waals surface area (Å²) in [5.74, 6) is -1.03. The molecular formula is C15H19NO4. The maximum atomic E-state index is 12.6. The zero-order valence-electron chi connectivity index (χ0n) is 12.0. The molecule has 5 heteroatoms. The quantitative estimate of drug-likeness (QED) is 0.915. The first-order valence-corrected chi connectivity index (χ1v) is 6.66. The second kappa shape index (κ2) is 5.25. The molecular weight excluding hydrogens is 258 g/mol. The van der Waals surface area contributed by atoms with Crippen molar-refractivity contribution in [2.45, 2.75) is 32.3 Å². The number of carboxylic acid groups (broad SMARTS) is 1. The molecule has 0 bridgehead atoms. The van der Waals surface area contributed by atoms with Crippen molar-refractivity contribution in [3.05, 3.63) is 29.3 Å². The second-order valence-electron chi connectivity index (χ2n) is 5.14. The molecule has 1 atom stereocenters. The number of hydrogen-bond donors (Lipinski definition) is 1. The van der Waals surface area contributed by atoms with Gasteiger partial charge in [0.05, 0.1) is 5.56 Å². The minimum atomic E-state index is -0.951. The lowest BCUT2D eigenvalue weighted by Gasteiger charge is -2.30. The van der Waals surface area contributed by atoms with Crippen LogP contribution in [0.1, 0.15) is 36.2 Å². The highest BCUT2D eigenvalue weighted by molar-refractivity contribution is 6.01. The van der Waals surface area contributed by atoms with Crippen LogP contribution in [0.25, 0.3) is 0 Å². The first-order valence-electron chi connectivity index (χ1n) is 6.66. The monoisotopic (exact) mass is 277 g/mol. The van der Waals surface area contributed by atoms with Gasteiger partial charge in [0.25, 0.3) is 5.91 Å². The number of rotatable bonds is 4. The van der Waals surface area contributed by atoms with E-state index < -0.39 is 11.6 Å². The largest absolute Gasteiger partial charge is 0.478 e. The third kappa shape index (κ3) is 2.29. The van der Waals surface area contributed by atoms with Crippen LogP contribution in [-0.4, -0.2) is 36.2 Å². The Morgan fingerprint density at radius 1 is 1.45 bits per heavy atom. The van der Waals surface area contributed by atoms with Crippen LogP contribution in [-0.2, 0) is 16.0 Å². The standard InChI is InChI=1S/C15H19NO4/c1-4-15(2,20-3)14(19)16-8-7-10-9-11(13(17)18)5-6-12(10)16/h5-6,9H,4,7-8H2,1-3H3,(H,17,18). The molecule has 1 amide bonds. The van der Waals surface area contributed by atoms with Gasteiger partial charge in [-0.3, -0.25) is 4.79 Å². The van der Waals surface area contributed by atoms with Crippen molar-refractivity contribution >= 4 is 17.6 Å². The number of aromatic carboxylic acids is 1. The van der Waals surface area contributed by atoms with Gasteiger partial charge in [0, 0.05) is 19.3 Å². The number of nitrogens with zero attached hydrogens (tertiary/aromatic N) is 1. The summed E-state index contributed by atoms with van der Waals surface area (Å²) in [7, 11) is 1.53. The number of benzene rings is 1. The molecule has 1 aromatic rings. The van der Waals surface area contributed by atoms with E-state index in [-0.39, 0.29) is 11.5 Å². The number of carbonyl (C=O) groups excluding carboxylic acids is 1. The molecule has 1 aromatic carbocycles. The Balaban J connectivity index is 2.33. The third-order valence-electron chi connectivity index (χ3n) is 4.04. The van der Waals surface area contributed by atoms with E-state index in [0.29, 0.717) is 19.4 Å². The summed E-state index contributed by atoms with van der Waals surface area (Å²) in [6.07, 6.45) is 1.26. The van der Waals surface area contributed by atoms with Gasteiger partial charge in [0.2, 0.25) is 0 Å². The van der Waals surface area contributed by atoms with Crippen LogP contribution in [0.2, 0.25) is 0 Å². The number of ether oxygens (including phenoxy) is 1. The highest BCUT2D eigenvalue weighted by Crippen LogP contribution is 2.32. The number of carboxylic acids is 1. The highest BCUT2D eigenvalue weighted by atomic mass is 16.5. The van der Waals surface area contributed by atoms with E-state index in [0.717, 1.165) is 11.3 Å². The minimum Gasteiger partial charge on any atom is -0.478 e. The fraction of sp³-hybridized carbons (Fsp3) is 0.467. The Bertz CT molecular complexity index is 549. The summed E-state index contributed by atoms with van der Waals surface area (Å²) in [4.78, 5) is 25.3. The summed E-state index contributed by atoms with van der Waals surface area (Å²) in [5.41, 5.74) is 1.10. The summed E-state index contributed by atoms with van der Waals surface area (Å²) in [6.45, 7) is 4.25. The third-order valence-corrected chi connectivity index (χ3v) is 4.04. The first-order chi connectivity index (χ1) is 9.42. The van der Waals surface area contributed by atoms with Crippen molar-refractivity contribution in [3.8, 4) is 0 Å². The second-order valence-corrected chi connectivity index (χ2v) is 5.14. The molecule has 5 nitrogen and oxygen atoms in total. The molecule has 0 aromatic heterocycles. The van der Waals surface area contributed by atoms with Gasteiger partial charge in [-0.05, 0) is 43.5 Å². The highest BCUT2D eigenvalue weighted by Gasteiger charge is 2.38. The number of methoxy groups -OCH3 is 1. The van der Waals surface area contributed by atoms with Crippen LogP contribution in [0.15, 0.2) is 18.2 Å². The van der Waals surface area contributed by atoms with Crippen LogP contribution < -0.4 is 4.90 Å². The van der Waals surface area contributed by atoms with Crippen molar-refractivity contribution in [1.82, 2.24) is 0 Å². The molecule has 1 heterocycles. The maximum Gasteiger partial charge on any atom is 0.335 e. The van der Waals surface area contributed by atoms with E-state index in [4.69, 9.17) is 9.84 Å². The Labute approximate surface area is 118 Å². The normalized spacial score (nSPS) is 16.6. The molecule has 20 heavy (non-hydrogen) atoms. The number of amides is 1. The van der Waals surface area contributed by atoms with Gasteiger partial charge < -0.3 is 14.7 Å². The van der Waals surface area contributed by atoms with E-state index in [1.165, 1.54) is 13.2 Å². The molecule has 1 N–H and O–H groups in total. The van der Waals surface area contributed by atoms with E-state index >= 15 is 0 Å². The molecule has 1 aliphatic rings. The lowest BCUT2D eigenvalue weighted by atomic mass is 10.0.